The van der Waals surface area contributed by atoms with Crippen LogP contribution in [0.2, 0.25) is 0 Å². The fraction of sp³-hybridized carbons (Fsp3) is 0.0909. The van der Waals surface area contributed by atoms with E-state index < -0.39 is 0 Å². The van der Waals surface area contributed by atoms with Crippen molar-refractivity contribution in [1.29, 1.82) is 0 Å². The molecule has 0 saturated heterocycles. The molecule has 0 saturated carbocycles. The molecular weight excluding hydrogens is 348 g/mol. The maximum atomic E-state index is 5.60. The molecule has 4 aromatic rings. The Kier molecular flexibility index (Phi) is 4.56. The largest absolute Gasteiger partial charge is 0.405 e. The van der Waals surface area contributed by atoms with Crippen LogP contribution in [0.5, 0.6) is 0 Å². The monoisotopic (exact) mass is 366 g/mol. The van der Waals surface area contributed by atoms with Gasteiger partial charge in [0.05, 0.1) is 35.0 Å². The van der Waals surface area contributed by atoms with Crippen LogP contribution < -0.4 is 5.73 Å². The maximum absolute atomic E-state index is 5.60. The Bertz CT molecular complexity index is 1240. The number of nitrogens with two attached hydrogens (primary N) is 1. The van der Waals surface area contributed by atoms with Crippen molar-refractivity contribution in [2.75, 3.05) is 0 Å². The zero-order valence-electron chi connectivity index (χ0n) is 15.6. The predicted molar refractivity (Wildman–Crippen MR) is 110 cm³/mol. The second-order valence-electron chi connectivity index (χ2n) is 6.41. The van der Waals surface area contributed by atoms with E-state index in [9.17, 15) is 0 Å². The summed E-state index contributed by atoms with van der Waals surface area (Å²) in [5.74, 6) is 6.40. The molecule has 1 aromatic carbocycles. The minimum Gasteiger partial charge on any atom is -0.405 e. The van der Waals surface area contributed by atoms with Crippen molar-refractivity contribution in [3.63, 3.8) is 0 Å². The third kappa shape index (κ3) is 3.33. The second kappa shape index (κ2) is 7.33. The quantitative estimate of drug-likeness (QED) is 0.551. The molecule has 0 radical (unpaired) electrons. The number of aryl methyl sites for hydroxylation is 2. The van der Waals surface area contributed by atoms with Crippen molar-refractivity contribution in [1.82, 2.24) is 24.5 Å². The first-order chi connectivity index (χ1) is 13.7. The highest BCUT2D eigenvalue weighted by Gasteiger charge is 2.11. The molecule has 0 spiro atoms. The van der Waals surface area contributed by atoms with E-state index in [1.165, 1.54) is 12.5 Å². The average Bonchev–Trinajstić information content (AvgIpc) is 3.13. The van der Waals surface area contributed by atoms with Crippen molar-refractivity contribution in [3.8, 4) is 23.2 Å². The van der Waals surface area contributed by atoms with Crippen LogP contribution in [0.1, 0.15) is 22.3 Å². The summed E-state index contributed by atoms with van der Waals surface area (Å²) in [6, 6.07) is 6.11. The molecule has 0 bridgehead atoms. The SMILES string of the molecule is Cc1cc2nc(-c3cncn3C)cc(C#Cc3cncnc3)c2cc1/C=C/N. The molecule has 136 valence electrons. The van der Waals surface area contributed by atoms with Gasteiger partial charge >= 0.3 is 0 Å². The molecule has 0 atom stereocenters. The van der Waals surface area contributed by atoms with Crippen molar-refractivity contribution in [2.24, 2.45) is 12.8 Å². The molecule has 28 heavy (non-hydrogen) atoms. The summed E-state index contributed by atoms with van der Waals surface area (Å²) in [6.07, 6.45) is 11.9. The Balaban J connectivity index is 1.97. The third-order valence-electron chi connectivity index (χ3n) is 4.45. The van der Waals surface area contributed by atoms with Gasteiger partial charge in [-0.2, -0.15) is 0 Å². The molecule has 0 aliphatic heterocycles. The zero-order chi connectivity index (χ0) is 19.5. The van der Waals surface area contributed by atoms with Crippen LogP contribution in [-0.4, -0.2) is 24.5 Å². The lowest BCUT2D eigenvalue weighted by atomic mass is 10.00. The topological polar surface area (TPSA) is 82.5 Å². The van der Waals surface area contributed by atoms with Crippen molar-refractivity contribution in [3.05, 3.63) is 77.9 Å². The van der Waals surface area contributed by atoms with E-state index >= 15 is 0 Å². The summed E-state index contributed by atoms with van der Waals surface area (Å²) >= 11 is 0. The predicted octanol–water partition coefficient (Wildman–Crippen LogP) is 3.06. The molecular formula is C22H18N6. The molecule has 6 nitrogen and oxygen atoms in total. The van der Waals surface area contributed by atoms with Crippen LogP contribution in [-0.2, 0) is 7.05 Å². The van der Waals surface area contributed by atoms with Crippen molar-refractivity contribution in [2.45, 2.75) is 6.92 Å². The molecule has 3 aromatic heterocycles. The van der Waals surface area contributed by atoms with Crippen LogP contribution in [0, 0.1) is 18.8 Å². The molecule has 0 aliphatic carbocycles. The number of fused-ring (bicyclic) bond motifs is 1. The van der Waals surface area contributed by atoms with E-state index in [2.05, 4.69) is 38.9 Å². The van der Waals surface area contributed by atoms with Crippen molar-refractivity contribution < 1.29 is 0 Å². The van der Waals surface area contributed by atoms with Crippen LogP contribution in [0.15, 0.2) is 55.6 Å². The summed E-state index contributed by atoms with van der Waals surface area (Å²) in [6.45, 7) is 2.04. The van der Waals surface area contributed by atoms with E-state index in [1.807, 2.05) is 30.7 Å². The number of aromatic nitrogens is 5. The first kappa shape index (κ1) is 17.4. The van der Waals surface area contributed by atoms with Gasteiger partial charge in [-0.3, -0.25) is 0 Å². The number of rotatable bonds is 2. The Labute approximate surface area is 162 Å². The van der Waals surface area contributed by atoms with E-state index in [-0.39, 0.29) is 0 Å². The van der Waals surface area contributed by atoms with Crippen LogP contribution in [0.4, 0.5) is 0 Å². The van der Waals surface area contributed by atoms with Gasteiger partial charge in [0.25, 0.3) is 0 Å². The Morgan fingerprint density at radius 1 is 1.04 bits per heavy atom. The molecule has 3 heterocycles. The lowest BCUT2D eigenvalue weighted by Crippen LogP contribution is -1.96. The summed E-state index contributed by atoms with van der Waals surface area (Å²) in [5, 5.41) is 0.967. The van der Waals surface area contributed by atoms with Gasteiger partial charge in [0.2, 0.25) is 0 Å². The van der Waals surface area contributed by atoms with Crippen molar-refractivity contribution >= 4 is 17.0 Å². The standard InChI is InChI=1S/C22H18N6/c1-15-7-20-19(8-17(15)5-6-23)18(4-3-16-10-24-13-25-11-16)9-21(27-20)22-12-26-14-28(22)2/h5-14H,23H2,1-2H3/b6-5+. The minimum atomic E-state index is 0.753. The summed E-state index contributed by atoms with van der Waals surface area (Å²) in [7, 11) is 1.95. The molecule has 6 heteroatoms. The Morgan fingerprint density at radius 2 is 1.86 bits per heavy atom. The highest BCUT2D eigenvalue weighted by Crippen LogP contribution is 2.27. The van der Waals surface area contributed by atoms with Gasteiger partial charge in [-0.25, -0.2) is 19.9 Å². The fourth-order valence-electron chi connectivity index (χ4n) is 3.02. The first-order valence-corrected chi connectivity index (χ1v) is 8.73. The maximum Gasteiger partial charge on any atom is 0.115 e. The summed E-state index contributed by atoms with van der Waals surface area (Å²) < 4.78 is 1.94. The molecule has 2 N–H and O–H groups in total. The van der Waals surface area contributed by atoms with Crippen LogP contribution >= 0.6 is 0 Å². The van der Waals surface area contributed by atoms with Gasteiger partial charge in [-0.15, -0.1) is 0 Å². The van der Waals surface area contributed by atoms with Gasteiger partial charge < -0.3 is 10.3 Å². The summed E-state index contributed by atoms with van der Waals surface area (Å²) in [5.41, 5.74) is 12.0. The first-order valence-electron chi connectivity index (χ1n) is 8.73. The highest BCUT2D eigenvalue weighted by molar-refractivity contribution is 5.90. The Morgan fingerprint density at radius 3 is 2.57 bits per heavy atom. The number of hydrogen-bond donors (Lipinski definition) is 1. The van der Waals surface area contributed by atoms with E-state index in [0.29, 0.717) is 0 Å². The normalized spacial score (nSPS) is 10.9. The molecule has 0 amide bonds. The molecule has 0 aliphatic rings. The smallest absolute Gasteiger partial charge is 0.115 e. The average molecular weight is 366 g/mol. The van der Waals surface area contributed by atoms with Gasteiger partial charge in [0.1, 0.15) is 6.33 Å². The van der Waals surface area contributed by atoms with Gasteiger partial charge in [0, 0.05) is 30.4 Å². The number of imidazole rings is 1. The number of pyridine rings is 1. The van der Waals surface area contributed by atoms with Crippen LogP contribution in [0.25, 0.3) is 28.4 Å². The third-order valence-corrected chi connectivity index (χ3v) is 4.45. The van der Waals surface area contributed by atoms with Gasteiger partial charge in [0.15, 0.2) is 0 Å². The highest BCUT2D eigenvalue weighted by atomic mass is 15.0. The fourth-order valence-corrected chi connectivity index (χ4v) is 3.02. The molecule has 0 unspecified atom stereocenters. The molecule has 4 rings (SSSR count). The lowest BCUT2D eigenvalue weighted by Gasteiger charge is -2.09. The summed E-state index contributed by atoms with van der Waals surface area (Å²) in [4.78, 5) is 17.1. The lowest BCUT2D eigenvalue weighted by molar-refractivity contribution is 0.917. The van der Waals surface area contributed by atoms with Crippen LogP contribution in [0.3, 0.4) is 0 Å². The Hall–Kier alpha value is -3.98. The van der Waals surface area contributed by atoms with E-state index in [1.54, 1.807) is 24.9 Å². The molecule has 0 fully saturated rings. The number of benzene rings is 1. The van der Waals surface area contributed by atoms with Gasteiger partial charge in [-0.1, -0.05) is 11.8 Å². The van der Waals surface area contributed by atoms with E-state index in [0.717, 1.165) is 44.5 Å². The minimum absolute atomic E-state index is 0.753. The number of hydrogen-bond acceptors (Lipinski definition) is 5. The van der Waals surface area contributed by atoms with E-state index in [4.69, 9.17) is 10.7 Å². The van der Waals surface area contributed by atoms with Gasteiger partial charge in [-0.05, 0) is 48.5 Å². The second-order valence-corrected chi connectivity index (χ2v) is 6.41. The zero-order valence-corrected chi connectivity index (χ0v) is 15.6. The number of nitrogens with zero attached hydrogens (tertiary/aromatic N) is 5.